The van der Waals surface area contributed by atoms with Gasteiger partial charge in [-0.25, -0.2) is 0 Å². The summed E-state index contributed by atoms with van der Waals surface area (Å²) in [6.07, 6.45) is 9.59. The van der Waals surface area contributed by atoms with Crippen molar-refractivity contribution in [3.05, 3.63) is 35.6 Å². The fourth-order valence-electron chi connectivity index (χ4n) is 1.06. The first kappa shape index (κ1) is 9.11. The fraction of sp³-hybridized carbons (Fsp3) is 0.455. The first-order valence-electron chi connectivity index (χ1n) is 4.39. The van der Waals surface area contributed by atoms with Crippen LogP contribution >= 0.6 is 0 Å². The van der Waals surface area contributed by atoms with Crippen LogP contribution in [0.3, 0.4) is 0 Å². The zero-order valence-corrected chi connectivity index (χ0v) is 8.00. The molecule has 66 valence electrons. The van der Waals surface area contributed by atoms with Gasteiger partial charge in [0.2, 0.25) is 0 Å². The van der Waals surface area contributed by atoms with Crippen LogP contribution in [0.15, 0.2) is 35.6 Å². The first-order valence-corrected chi connectivity index (χ1v) is 4.39. The monoisotopic (exact) mass is 164 g/mol. The molecule has 1 heteroatoms. The summed E-state index contributed by atoms with van der Waals surface area (Å²) >= 11 is 0. The van der Waals surface area contributed by atoms with Crippen LogP contribution in [0, 0.1) is 0 Å². The van der Waals surface area contributed by atoms with Gasteiger partial charge in [0.05, 0.1) is 6.10 Å². The Morgan fingerprint density at radius 1 is 1.33 bits per heavy atom. The molecule has 1 rings (SSSR count). The van der Waals surface area contributed by atoms with Gasteiger partial charge in [-0.2, -0.15) is 0 Å². The third-order valence-corrected chi connectivity index (χ3v) is 1.63. The Labute approximate surface area is 74.4 Å². The molecule has 0 spiro atoms. The van der Waals surface area contributed by atoms with Crippen LogP contribution in [-0.4, -0.2) is 6.10 Å². The maximum Gasteiger partial charge on any atom is 0.119 e. The lowest BCUT2D eigenvalue weighted by Gasteiger charge is -2.08. The summed E-state index contributed by atoms with van der Waals surface area (Å²) in [5.74, 6) is 0.960. The zero-order valence-electron chi connectivity index (χ0n) is 8.00. The van der Waals surface area contributed by atoms with Crippen molar-refractivity contribution in [2.24, 2.45) is 0 Å². The Morgan fingerprint density at radius 3 is 2.75 bits per heavy atom. The van der Waals surface area contributed by atoms with Crippen LogP contribution in [0.1, 0.15) is 27.2 Å². The fourth-order valence-corrected chi connectivity index (χ4v) is 1.06. The molecule has 1 aliphatic rings. The largest absolute Gasteiger partial charge is 0.491 e. The van der Waals surface area contributed by atoms with Gasteiger partial charge in [-0.3, -0.25) is 0 Å². The van der Waals surface area contributed by atoms with Gasteiger partial charge in [-0.1, -0.05) is 17.7 Å². The standard InChI is InChI=1S/C11H16O/c1-9(2)12-11-6-4-5-10(3)7-8-11/h4,6-9H,5H2,1-3H3. The van der Waals surface area contributed by atoms with Crippen LogP contribution in [0.2, 0.25) is 0 Å². The Balaban J connectivity index is 2.64. The molecule has 0 bridgehead atoms. The van der Waals surface area contributed by atoms with Gasteiger partial charge in [-0.05, 0) is 39.3 Å². The van der Waals surface area contributed by atoms with Crippen LogP contribution < -0.4 is 0 Å². The second-order valence-corrected chi connectivity index (χ2v) is 3.36. The summed E-state index contributed by atoms with van der Waals surface area (Å²) in [6.45, 7) is 6.20. The lowest BCUT2D eigenvalue weighted by atomic mass is 10.2. The van der Waals surface area contributed by atoms with E-state index in [4.69, 9.17) is 4.74 Å². The van der Waals surface area contributed by atoms with Crippen molar-refractivity contribution in [3.63, 3.8) is 0 Å². The summed E-state index contributed by atoms with van der Waals surface area (Å²) in [4.78, 5) is 0. The zero-order chi connectivity index (χ0) is 8.97. The molecule has 0 radical (unpaired) electrons. The molecule has 0 heterocycles. The van der Waals surface area contributed by atoms with E-state index in [-0.39, 0.29) is 6.10 Å². The second kappa shape index (κ2) is 4.15. The molecule has 0 unspecified atom stereocenters. The minimum absolute atomic E-state index is 0.257. The molecule has 0 aromatic heterocycles. The van der Waals surface area contributed by atoms with E-state index in [2.05, 4.69) is 19.1 Å². The van der Waals surface area contributed by atoms with E-state index in [1.54, 1.807) is 0 Å². The molecule has 0 saturated heterocycles. The highest BCUT2D eigenvalue weighted by atomic mass is 16.5. The van der Waals surface area contributed by atoms with E-state index < -0.39 is 0 Å². The van der Waals surface area contributed by atoms with E-state index in [1.807, 2.05) is 26.0 Å². The smallest absolute Gasteiger partial charge is 0.119 e. The predicted octanol–water partition coefficient (Wildman–Crippen LogP) is 3.20. The van der Waals surface area contributed by atoms with Gasteiger partial charge in [0.1, 0.15) is 5.76 Å². The normalized spacial score (nSPS) is 17.0. The van der Waals surface area contributed by atoms with E-state index in [9.17, 15) is 0 Å². The maximum absolute atomic E-state index is 5.55. The number of hydrogen-bond acceptors (Lipinski definition) is 1. The van der Waals surface area contributed by atoms with E-state index in [0.717, 1.165) is 12.2 Å². The highest BCUT2D eigenvalue weighted by molar-refractivity contribution is 5.26. The van der Waals surface area contributed by atoms with Crippen molar-refractivity contribution >= 4 is 0 Å². The minimum atomic E-state index is 0.257. The Bertz CT molecular complexity index is 231. The Hall–Kier alpha value is -0.980. The molecule has 0 aromatic carbocycles. The highest BCUT2D eigenvalue weighted by Crippen LogP contribution is 2.12. The summed E-state index contributed by atoms with van der Waals surface area (Å²) in [6, 6.07) is 0. The van der Waals surface area contributed by atoms with Crippen molar-refractivity contribution in [3.8, 4) is 0 Å². The lowest BCUT2D eigenvalue weighted by molar-refractivity contribution is 0.158. The molecular weight excluding hydrogens is 148 g/mol. The third-order valence-electron chi connectivity index (χ3n) is 1.63. The van der Waals surface area contributed by atoms with Crippen LogP contribution in [0.4, 0.5) is 0 Å². The van der Waals surface area contributed by atoms with Gasteiger partial charge in [0, 0.05) is 0 Å². The van der Waals surface area contributed by atoms with Crippen molar-refractivity contribution in [2.75, 3.05) is 0 Å². The van der Waals surface area contributed by atoms with Crippen molar-refractivity contribution < 1.29 is 4.74 Å². The van der Waals surface area contributed by atoms with E-state index in [1.165, 1.54) is 5.57 Å². The number of rotatable bonds is 2. The third kappa shape index (κ3) is 2.95. The van der Waals surface area contributed by atoms with Crippen LogP contribution in [0.25, 0.3) is 0 Å². The molecule has 0 aliphatic heterocycles. The van der Waals surface area contributed by atoms with Crippen molar-refractivity contribution in [2.45, 2.75) is 33.3 Å². The van der Waals surface area contributed by atoms with E-state index >= 15 is 0 Å². The van der Waals surface area contributed by atoms with Crippen molar-refractivity contribution in [1.29, 1.82) is 0 Å². The summed E-state index contributed by atoms with van der Waals surface area (Å²) in [5, 5.41) is 0. The number of ether oxygens (including phenoxy) is 1. The molecule has 0 atom stereocenters. The van der Waals surface area contributed by atoms with Gasteiger partial charge < -0.3 is 4.74 Å². The summed E-state index contributed by atoms with van der Waals surface area (Å²) < 4.78 is 5.55. The quantitative estimate of drug-likeness (QED) is 0.609. The van der Waals surface area contributed by atoms with Crippen LogP contribution in [-0.2, 0) is 4.74 Å². The topological polar surface area (TPSA) is 9.23 Å². The summed E-state index contributed by atoms with van der Waals surface area (Å²) in [7, 11) is 0. The predicted molar refractivity (Wildman–Crippen MR) is 51.8 cm³/mol. The maximum atomic E-state index is 5.55. The molecule has 0 fully saturated rings. The molecule has 0 aromatic rings. The number of allylic oxidation sites excluding steroid dienone is 5. The van der Waals surface area contributed by atoms with Gasteiger partial charge in [-0.15, -0.1) is 0 Å². The minimum Gasteiger partial charge on any atom is -0.491 e. The van der Waals surface area contributed by atoms with Gasteiger partial charge in [0.25, 0.3) is 0 Å². The molecule has 12 heavy (non-hydrogen) atoms. The molecule has 1 aliphatic carbocycles. The second-order valence-electron chi connectivity index (χ2n) is 3.36. The molecule has 0 saturated carbocycles. The SMILES string of the molecule is CC1=CC=C(OC(C)C)C=CC1. The van der Waals surface area contributed by atoms with Gasteiger partial charge in [0.15, 0.2) is 0 Å². The number of hydrogen-bond donors (Lipinski definition) is 0. The average Bonchev–Trinajstić information content (AvgIpc) is 2.15. The van der Waals surface area contributed by atoms with Crippen molar-refractivity contribution in [1.82, 2.24) is 0 Å². The molecule has 1 nitrogen and oxygen atoms in total. The molecule has 0 N–H and O–H groups in total. The summed E-state index contributed by atoms with van der Waals surface area (Å²) in [5.41, 5.74) is 1.37. The molecule has 0 amide bonds. The average molecular weight is 164 g/mol. The Kier molecular flexibility index (Phi) is 3.15. The van der Waals surface area contributed by atoms with Crippen LogP contribution in [0.5, 0.6) is 0 Å². The van der Waals surface area contributed by atoms with Gasteiger partial charge >= 0.3 is 0 Å². The first-order chi connectivity index (χ1) is 5.68. The molecular formula is C11H16O. The van der Waals surface area contributed by atoms with E-state index in [0.29, 0.717) is 0 Å². The highest BCUT2D eigenvalue weighted by Gasteiger charge is 1.98. The Morgan fingerprint density at radius 2 is 2.08 bits per heavy atom. The lowest BCUT2D eigenvalue weighted by Crippen LogP contribution is -2.00.